The minimum Gasteiger partial charge on any atom is -0.497 e. The van der Waals surface area contributed by atoms with E-state index in [9.17, 15) is 0 Å². The first-order chi connectivity index (χ1) is 21.6. The van der Waals surface area contributed by atoms with E-state index in [-0.39, 0.29) is 0 Å². The van der Waals surface area contributed by atoms with E-state index >= 15 is 0 Å². The Balaban J connectivity index is 1.24. The molecule has 2 heterocycles. The predicted octanol–water partition coefficient (Wildman–Crippen LogP) is 8.10. The molecular weight excluding hydrogens is 552 g/mol. The first-order valence-electron chi connectivity index (χ1n) is 14.0. The summed E-state index contributed by atoms with van der Waals surface area (Å²) in [5.41, 5.74) is 5.93. The maximum atomic E-state index is 6.46. The molecule has 5 aromatic carbocycles. The third-order valence-electron chi connectivity index (χ3n) is 7.54. The van der Waals surface area contributed by atoms with Gasteiger partial charge >= 0.3 is 0 Å². The number of benzene rings is 5. The molecule has 8 heteroatoms. The van der Waals surface area contributed by atoms with Gasteiger partial charge in [-0.3, -0.25) is 0 Å². The normalized spacial score (nSPS) is 11.1. The fraction of sp³-hybridized carbons (Fsp3) is 0.0833. The number of hydrogen-bond donors (Lipinski definition) is 0. The van der Waals surface area contributed by atoms with Crippen molar-refractivity contribution in [2.24, 2.45) is 0 Å². The zero-order chi connectivity index (χ0) is 30.0. The number of nitrogens with zero attached hydrogens (tertiary/aromatic N) is 4. The Hall–Kier alpha value is -5.89. The van der Waals surface area contributed by atoms with Gasteiger partial charge in [-0.25, -0.2) is 9.67 Å². The van der Waals surface area contributed by atoms with Crippen LogP contribution in [0.2, 0.25) is 0 Å². The van der Waals surface area contributed by atoms with E-state index in [1.165, 1.54) is 0 Å². The van der Waals surface area contributed by atoms with E-state index in [1.807, 2.05) is 103 Å². The first kappa shape index (κ1) is 27.0. The van der Waals surface area contributed by atoms with Crippen LogP contribution >= 0.6 is 0 Å². The van der Waals surface area contributed by atoms with Crippen molar-refractivity contribution in [3.8, 4) is 68.2 Å². The highest BCUT2D eigenvalue weighted by Crippen LogP contribution is 2.37. The van der Waals surface area contributed by atoms with E-state index in [1.54, 1.807) is 26.0 Å². The molecule has 0 saturated carbocycles. The van der Waals surface area contributed by atoms with Gasteiger partial charge in [0.2, 0.25) is 5.89 Å². The molecule has 7 rings (SSSR count). The zero-order valence-corrected chi connectivity index (χ0v) is 24.4. The molecule has 0 aliphatic heterocycles. The highest BCUT2D eigenvalue weighted by Gasteiger charge is 2.19. The third kappa shape index (κ3) is 5.13. The van der Waals surface area contributed by atoms with E-state index in [0.717, 1.165) is 67.4 Å². The second kappa shape index (κ2) is 11.4. The Morgan fingerprint density at radius 3 is 1.95 bits per heavy atom. The van der Waals surface area contributed by atoms with Gasteiger partial charge in [0, 0.05) is 22.3 Å². The van der Waals surface area contributed by atoms with Gasteiger partial charge in [-0.1, -0.05) is 29.5 Å². The molecule has 0 aliphatic rings. The highest BCUT2D eigenvalue weighted by molar-refractivity contribution is 5.88. The van der Waals surface area contributed by atoms with Crippen molar-refractivity contribution < 1.29 is 18.6 Å². The molecule has 0 fully saturated rings. The monoisotopic (exact) mass is 580 g/mol. The van der Waals surface area contributed by atoms with Crippen LogP contribution in [0.3, 0.4) is 0 Å². The predicted molar refractivity (Wildman–Crippen MR) is 170 cm³/mol. The molecule has 0 spiro atoms. The maximum absolute atomic E-state index is 6.46. The Morgan fingerprint density at radius 1 is 0.591 bits per heavy atom. The Labute approximate surface area is 254 Å². The molecule has 0 aliphatic carbocycles. The molecule has 44 heavy (non-hydrogen) atoms. The number of methoxy groups -OCH3 is 3. The third-order valence-corrected chi connectivity index (χ3v) is 7.54. The lowest BCUT2D eigenvalue weighted by molar-refractivity contribution is 0.414. The summed E-state index contributed by atoms with van der Waals surface area (Å²) in [5, 5.41) is 11.1. The van der Waals surface area contributed by atoms with Crippen molar-refractivity contribution in [2.75, 3.05) is 21.3 Å². The quantitative estimate of drug-likeness (QED) is 0.180. The van der Waals surface area contributed by atoms with Crippen molar-refractivity contribution in [3.63, 3.8) is 0 Å². The van der Waals surface area contributed by atoms with Crippen molar-refractivity contribution in [1.82, 2.24) is 20.0 Å². The van der Waals surface area contributed by atoms with Crippen LogP contribution in [0.4, 0.5) is 0 Å². The largest absolute Gasteiger partial charge is 0.497 e. The number of aromatic nitrogens is 4. The summed E-state index contributed by atoms with van der Waals surface area (Å²) < 4.78 is 24.3. The number of hydrogen-bond acceptors (Lipinski definition) is 7. The smallest absolute Gasteiger partial charge is 0.227 e. The zero-order valence-electron chi connectivity index (χ0n) is 24.4. The van der Waals surface area contributed by atoms with Gasteiger partial charge in [-0.05, 0) is 95.7 Å². The van der Waals surface area contributed by atoms with Gasteiger partial charge in [0.1, 0.15) is 28.6 Å². The maximum Gasteiger partial charge on any atom is 0.227 e. The second-order valence-corrected chi connectivity index (χ2v) is 10.2. The molecule has 0 amide bonds. The number of fused-ring (bicyclic) bond motifs is 1. The van der Waals surface area contributed by atoms with Crippen molar-refractivity contribution in [3.05, 3.63) is 115 Å². The minimum atomic E-state index is 0.494. The Bertz CT molecular complexity index is 2010. The average Bonchev–Trinajstić information content (AvgIpc) is 3.77. The Morgan fingerprint density at radius 2 is 1.23 bits per heavy atom. The van der Waals surface area contributed by atoms with Crippen LogP contribution in [-0.4, -0.2) is 41.3 Å². The SMILES string of the molecule is COc1ccc(-c2nc(-c3cccc(-n4cc(-c5ccc6cc(OC)ccc6c5)nn4)c3)oc2-c2ccc(OC)cc2)cc1. The summed E-state index contributed by atoms with van der Waals surface area (Å²) in [6.45, 7) is 0. The van der Waals surface area contributed by atoms with Gasteiger partial charge in [-0.15, -0.1) is 5.10 Å². The lowest BCUT2D eigenvalue weighted by Crippen LogP contribution is -1.95. The first-order valence-corrected chi connectivity index (χ1v) is 14.0. The van der Waals surface area contributed by atoms with Gasteiger partial charge in [0.15, 0.2) is 5.76 Å². The van der Waals surface area contributed by atoms with Gasteiger partial charge < -0.3 is 18.6 Å². The standard InChI is InChI=1S/C36H28N4O4/c1-41-30-14-9-23(10-15-30)34-35(24-11-16-31(42-2)17-12-24)44-36(37-34)28-5-4-6-29(20-28)40-22-33(38-39-40)27-8-7-26-21-32(43-3)18-13-25(26)19-27/h4-22H,1-3H3. The number of rotatable bonds is 8. The molecule has 0 unspecified atom stereocenters. The van der Waals surface area contributed by atoms with Crippen LogP contribution in [0.1, 0.15) is 0 Å². The van der Waals surface area contributed by atoms with Crippen LogP contribution in [0.15, 0.2) is 120 Å². The summed E-state index contributed by atoms with van der Waals surface area (Å²) in [6, 6.07) is 35.7. The van der Waals surface area contributed by atoms with Crippen LogP contribution in [0, 0.1) is 0 Å². The van der Waals surface area contributed by atoms with Crippen LogP contribution in [0.5, 0.6) is 17.2 Å². The van der Waals surface area contributed by atoms with Gasteiger partial charge in [0.05, 0.1) is 33.2 Å². The fourth-order valence-electron chi connectivity index (χ4n) is 5.14. The molecule has 0 saturated heterocycles. The number of oxazole rings is 1. The molecule has 0 N–H and O–H groups in total. The summed E-state index contributed by atoms with van der Waals surface area (Å²) in [4.78, 5) is 4.96. The Kier molecular flexibility index (Phi) is 7.00. The molecule has 216 valence electrons. The second-order valence-electron chi connectivity index (χ2n) is 10.2. The van der Waals surface area contributed by atoms with Gasteiger partial charge in [0.25, 0.3) is 0 Å². The van der Waals surface area contributed by atoms with E-state index in [0.29, 0.717) is 11.7 Å². The summed E-state index contributed by atoms with van der Waals surface area (Å²) in [5.74, 6) is 3.52. The van der Waals surface area contributed by atoms with E-state index in [4.69, 9.17) is 23.6 Å². The van der Waals surface area contributed by atoms with Crippen molar-refractivity contribution in [1.29, 1.82) is 0 Å². The molecule has 2 aromatic heterocycles. The average molecular weight is 581 g/mol. The molecule has 0 atom stereocenters. The summed E-state index contributed by atoms with van der Waals surface area (Å²) in [7, 11) is 4.97. The van der Waals surface area contributed by atoms with Crippen molar-refractivity contribution >= 4 is 10.8 Å². The molecule has 0 bridgehead atoms. The minimum absolute atomic E-state index is 0.494. The lowest BCUT2D eigenvalue weighted by atomic mass is 10.1. The molecule has 0 radical (unpaired) electrons. The summed E-state index contributed by atoms with van der Waals surface area (Å²) in [6.07, 6.45) is 1.92. The molecule has 8 nitrogen and oxygen atoms in total. The topological polar surface area (TPSA) is 84.4 Å². The molecular formula is C36H28N4O4. The van der Waals surface area contributed by atoms with Crippen LogP contribution in [-0.2, 0) is 0 Å². The van der Waals surface area contributed by atoms with Gasteiger partial charge in [-0.2, -0.15) is 0 Å². The molecule has 7 aromatic rings. The van der Waals surface area contributed by atoms with E-state index in [2.05, 4.69) is 22.4 Å². The fourth-order valence-corrected chi connectivity index (χ4v) is 5.14. The van der Waals surface area contributed by atoms with Crippen molar-refractivity contribution in [2.45, 2.75) is 0 Å². The van der Waals surface area contributed by atoms with Crippen LogP contribution < -0.4 is 14.2 Å². The van der Waals surface area contributed by atoms with E-state index < -0.39 is 0 Å². The highest BCUT2D eigenvalue weighted by atomic mass is 16.5. The van der Waals surface area contributed by atoms with Crippen LogP contribution in [0.25, 0.3) is 61.8 Å². The lowest BCUT2D eigenvalue weighted by Gasteiger charge is -2.04. The summed E-state index contributed by atoms with van der Waals surface area (Å²) >= 11 is 0. The number of ether oxygens (including phenoxy) is 3.